The van der Waals surface area contributed by atoms with Crippen LogP contribution in [0.1, 0.15) is 24.1 Å². The zero-order valence-electron chi connectivity index (χ0n) is 21.7. The van der Waals surface area contributed by atoms with Crippen LogP contribution in [0, 0.1) is 0 Å². The van der Waals surface area contributed by atoms with E-state index >= 15 is 0 Å². The van der Waals surface area contributed by atoms with Crippen LogP contribution in [-0.2, 0) is 12.8 Å². The molecule has 4 heterocycles. The van der Waals surface area contributed by atoms with Gasteiger partial charge in [0.05, 0.1) is 5.52 Å². The molecule has 9 rings (SSSR count). The molecule has 0 saturated carbocycles. The van der Waals surface area contributed by atoms with Crippen molar-refractivity contribution in [3.05, 3.63) is 103 Å². The van der Waals surface area contributed by atoms with E-state index in [1.165, 1.54) is 53.3 Å². The zero-order chi connectivity index (χ0) is 26.2. The van der Waals surface area contributed by atoms with Crippen LogP contribution in [-0.4, -0.2) is 26.2 Å². The molecule has 0 saturated heterocycles. The van der Waals surface area contributed by atoms with Crippen molar-refractivity contribution >= 4 is 34.0 Å². The van der Waals surface area contributed by atoms with Crippen molar-refractivity contribution in [1.29, 1.82) is 0 Å². The molecule has 0 unspecified atom stereocenters. The van der Waals surface area contributed by atoms with Crippen molar-refractivity contribution < 1.29 is 9.47 Å². The number of para-hydroxylation sites is 1. The molecule has 1 aliphatic carbocycles. The minimum atomic E-state index is -0.0105. The second-order valence-corrected chi connectivity index (χ2v) is 10.7. The van der Waals surface area contributed by atoms with Crippen molar-refractivity contribution in [3.8, 4) is 40.1 Å². The maximum atomic E-state index is 6.49. The number of ether oxygens (including phenoxy) is 2. The highest BCUT2D eigenvalue weighted by Crippen LogP contribution is 2.38. The minimum absolute atomic E-state index is 0.0105. The van der Waals surface area contributed by atoms with Crippen molar-refractivity contribution in [2.24, 2.45) is 0 Å². The molecule has 0 fully saturated rings. The third-order valence-corrected chi connectivity index (χ3v) is 8.57. The second-order valence-electron chi connectivity index (χ2n) is 10.7. The Morgan fingerprint density at radius 2 is 1.52 bits per heavy atom. The summed E-state index contributed by atoms with van der Waals surface area (Å²) in [7, 11) is 0. The lowest BCUT2D eigenvalue weighted by atomic mass is 9.35. The zero-order valence-corrected chi connectivity index (χ0v) is 21.7. The summed E-state index contributed by atoms with van der Waals surface area (Å²) in [6, 6.07) is 27.8. The number of hydrogen-bond donors (Lipinski definition) is 0. The molecule has 40 heavy (non-hydrogen) atoms. The first-order valence-corrected chi connectivity index (χ1v) is 13.8. The van der Waals surface area contributed by atoms with Crippen LogP contribution in [0.5, 0.6) is 23.0 Å². The van der Waals surface area contributed by atoms with Crippen LogP contribution in [0.15, 0.2) is 91.5 Å². The summed E-state index contributed by atoms with van der Waals surface area (Å²) in [5.74, 6) is 3.99. The van der Waals surface area contributed by atoms with Gasteiger partial charge in [-0.3, -0.25) is 0 Å². The van der Waals surface area contributed by atoms with Crippen molar-refractivity contribution in [2.75, 3.05) is 0 Å². The maximum Gasteiger partial charge on any atom is 0.260 e. The van der Waals surface area contributed by atoms with Crippen LogP contribution in [0.25, 0.3) is 28.0 Å². The first-order chi connectivity index (χ1) is 19.8. The molecule has 3 aliphatic rings. The molecule has 0 atom stereocenters. The fourth-order valence-electron chi connectivity index (χ4n) is 6.87. The standard InChI is InChI=1S/C33H23BN4O2/c1-3-8-26-22(6-1)23-7-2-4-9-27(23)38(26)21-13-15-28-25(17-21)34-24-14-12-20(33-36-18-35-19-37-33)16-31(24)40-30-11-5-10-29(39-28)32(30)34/h1,3,5-6,8,10-19H,2,4,7,9H2. The lowest BCUT2D eigenvalue weighted by Crippen LogP contribution is -2.57. The molecular weight excluding hydrogens is 495 g/mol. The van der Waals surface area contributed by atoms with Crippen LogP contribution in [0.2, 0.25) is 0 Å². The number of aryl methyl sites for hydroxylation is 1. The van der Waals surface area contributed by atoms with E-state index in [0.29, 0.717) is 5.82 Å². The molecule has 4 aromatic carbocycles. The topological polar surface area (TPSA) is 62.1 Å². The van der Waals surface area contributed by atoms with Crippen LogP contribution in [0.3, 0.4) is 0 Å². The van der Waals surface area contributed by atoms with Gasteiger partial charge in [0, 0.05) is 27.8 Å². The number of nitrogens with zero attached hydrogens (tertiary/aromatic N) is 4. The summed E-state index contributed by atoms with van der Waals surface area (Å²) in [6.07, 6.45) is 7.76. The highest BCUT2D eigenvalue weighted by molar-refractivity contribution is 6.98. The van der Waals surface area contributed by atoms with Gasteiger partial charge < -0.3 is 14.0 Å². The smallest absolute Gasteiger partial charge is 0.260 e. The molecule has 2 aliphatic heterocycles. The summed E-state index contributed by atoms with van der Waals surface area (Å²) in [4.78, 5) is 12.6. The monoisotopic (exact) mass is 518 g/mol. The number of benzene rings is 4. The lowest BCUT2D eigenvalue weighted by molar-refractivity contribution is 0.464. The number of aromatic nitrogens is 4. The van der Waals surface area contributed by atoms with E-state index in [-0.39, 0.29) is 6.71 Å². The Balaban J connectivity index is 1.25. The average Bonchev–Trinajstić information content (AvgIpc) is 3.35. The molecule has 0 bridgehead atoms. The van der Waals surface area contributed by atoms with Gasteiger partial charge in [0.1, 0.15) is 35.7 Å². The molecule has 0 spiro atoms. The molecule has 6 nitrogen and oxygen atoms in total. The van der Waals surface area contributed by atoms with Gasteiger partial charge in [-0.1, -0.05) is 36.4 Å². The quantitative estimate of drug-likeness (QED) is 0.299. The highest BCUT2D eigenvalue weighted by Gasteiger charge is 2.40. The van der Waals surface area contributed by atoms with E-state index in [1.54, 1.807) is 0 Å². The summed E-state index contributed by atoms with van der Waals surface area (Å²) in [5, 5.41) is 1.38. The van der Waals surface area contributed by atoms with Gasteiger partial charge in [-0.25, -0.2) is 15.0 Å². The van der Waals surface area contributed by atoms with Gasteiger partial charge in [0.25, 0.3) is 6.71 Å². The van der Waals surface area contributed by atoms with Gasteiger partial charge in [0.15, 0.2) is 5.82 Å². The number of hydrogen-bond acceptors (Lipinski definition) is 5. The minimum Gasteiger partial charge on any atom is -0.458 e. The summed E-state index contributed by atoms with van der Waals surface area (Å²) >= 11 is 0. The molecule has 7 heteroatoms. The molecule has 0 N–H and O–H groups in total. The molecule has 2 aromatic heterocycles. The van der Waals surface area contributed by atoms with E-state index in [1.807, 2.05) is 24.3 Å². The molecule has 0 amide bonds. The fourth-order valence-corrected chi connectivity index (χ4v) is 6.87. The molecule has 6 aromatic rings. The van der Waals surface area contributed by atoms with Crippen molar-refractivity contribution in [2.45, 2.75) is 25.7 Å². The van der Waals surface area contributed by atoms with E-state index in [0.717, 1.165) is 57.8 Å². The normalized spacial score (nSPS) is 14.4. The van der Waals surface area contributed by atoms with Gasteiger partial charge >= 0.3 is 0 Å². The highest BCUT2D eigenvalue weighted by atomic mass is 16.5. The third kappa shape index (κ3) is 3.09. The van der Waals surface area contributed by atoms with Crippen LogP contribution >= 0.6 is 0 Å². The van der Waals surface area contributed by atoms with E-state index < -0.39 is 0 Å². The van der Waals surface area contributed by atoms with Crippen LogP contribution in [0.4, 0.5) is 0 Å². The van der Waals surface area contributed by atoms with E-state index in [4.69, 9.17) is 9.47 Å². The third-order valence-electron chi connectivity index (χ3n) is 8.57. The molecular formula is C33H23BN4O2. The Bertz CT molecular complexity index is 1980. The second kappa shape index (κ2) is 8.30. The predicted molar refractivity (Wildman–Crippen MR) is 156 cm³/mol. The van der Waals surface area contributed by atoms with Gasteiger partial charge in [-0.2, -0.15) is 0 Å². The predicted octanol–water partition coefficient (Wildman–Crippen LogP) is 5.09. The van der Waals surface area contributed by atoms with E-state index in [2.05, 4.69) is 74.1 Å². The summed E-state index contributed by atoms with van der Waals surface area (Å²) in [5.41, 5.74) is 9.64. The van der Waals surface area contributed by atoms with Gasteiger partial charge in [-0.05, 0) is 84.6 Å². The van der Waals surface area contributed by atoms with Crippen molar-refractivity contribution in [3.63, 3.8) is 0 Å². The first-order valence-electron chi connectivity index (χ1n) is 13.8. The van der Waals surface area contributed by atoms with Gasteiger partial charge in [-0.15, -0.1) is 0 Å². The SMILES string of the molecule is c1cc2c3c(c1)Oc1ccc(-n4c5c(c6ccccc64)CCCC5)cc1B3c1ccc(-c3ncncn3)cc1O2. The maximum absolute atomic E-state index is 6.49. The fraction of sp³-hybridized carbons (Fsp3) is 0.121. The van der Waals surface area contributed by atoms with Crippen molar-refractivity contribution in [1.82, 2.24) is 19.5 Å². The van der Waals surface area contributed by atoms with E-state index in [9.17, 15) is 0 Å². The Morgan fingerprint density at radius 3 is 2.42 bits per heavy atom. The number of rotatable bonds is 2. The Hall–Kier alpha value is -4.91. The van der Waals surface area contributed by atoms with Gasteiger partial charge in [0.2, 0.25) is 0 Å². The molecule has 0 radical (unpaired) electrons. The molecule has 190 valence electrons. The Labute approximate surface area is 231 Å². The number of fused-ring (bicyclic) bond motifs is 7. The summed E-state index contributed by atoms with van der Waals surface area (Å²) < 4.78 is 15.4. The Morgan fingerprint density at radius 1 is 0.700 bits per heavy atom. The first kappa shape index (κ1) is 22.0. The summed E-state index contributed by atoms with van der Waals surface area (Å²) in [6.45, 7) is -0.0105. The average molecular weight is 518 g/mol. The van der Waals surface area contributed by atoms with Crippen LogP contribution < -0.4 is 25.9 Å². The largest absolute Gasteiger partial charge is 0.458 e. The Kier molecular flexibility index (Phi) is 4.56. The lowest BCUT2D eigenvalue weighted by Gasteiger charge is -2.33.